The molecular formula is C13H18Br2N2O2. The second kappa shape index (κ2) is 4.79. The standard InChI is InChI=1S/C13H18Br2N2O2/c1-12(2)13(3,4)17(19)11(16(12)18)8-5-9(14)7-10(15)6-8/h5-7,11,18-19H,1-4H3. The van der Waals surface area contributed by atoms with E-state index in [4.69, 9.17) is 0 Å². The Morgan fingerprint density at radius 3 is 1.63 bits per heavy atom. The Balaban J connectivity index is 2.51. The van der Waals surface area contributed by atoms with Gasteiger partial charge in [-0.25, -0.2) is 0 Å². The van der Waals surface area contributed by atoms with E-state index in [1.807, 2.05) is 45.9 Å². The van der Waals surface area contributed by atoms with Gasteiger partial charge in [0.25, 0.3) is 0 Å². The molecule has 0 atom stereocenters. The second-order valence-corrected chi connectivity index (χ2v) is 7.71. The van der Waals surface area contributed by atoms with Gasteiger partial charge in [0.2, 0.25) is 0 Å². The van der Waals surface area contributed by atoms with Crippen LogP contribution in [0.5, 0.6) is 0 Å². The summed E-state index contributed by atoms with van der Waals surface area (Å²) in [6.45, 7) is 7.62. The van der Waals surface area contributed by atoms with Gasteiger partial charge in [-0.15, -0.1) is 0 Å². The molecule has 0 bridgehead atoms. The molecule has 0 aromatic heterocycles. The van der Waals surface area contributed by atoms with Gasteiger partial charge in [0.1, 0.15) is 6.17 Å². The van der Waals surface area contributed by atoms with Crippen LogP contribution in [0.2, 0.25) is 0 Å². The normalized spacial score (nSPS) is 24.0. The minimum atomic E-state index is -0.598. The Labute approximate surface area is 130 Å². The average Bonchev–Trinajstić information content (AvgIpc) is 2.37. The lowest BCUT2D eigenvalue weighted by atomic mass is 9.84. The fourth-order valence-electron chi connectivity index (χ4n) is 2.28. The zero-order valence-corrected chi connectivity index (χ0v) is 14.5. The molecule has 0 spiro atoms. The molecule has 2 N–H and O–H groups in total. The van der Waals surface area contributed by atoms with Crippen molar-refractivity contribution in [3.05, 3.63) is 32.7 Å². The van der Waals surface area contributed by atoms with Gasteiger partial charge >= 0.3 is 0 Å². The molecule has 1 aliphatic heterocycles. The van der Waals surface area contributed by atoms with Crippen LogP contribution < -0.4 is 0 Å². The van der Waals surface area contributed by atoms with Crippen molar-refractivity contribution in [1.29, 1.82) is 0 Å². The fourth-order valence-corrected chi connectivity index (χ4v) is 3.61. The number of rotatable bonds is 1. The summed E-state index contributed by atoms with van der Waals surface area (Å²) in [5.74, 6) is 0. The molecule has 6 heteroatoms. The smallest absolute Gasteiger partial charge is 0.136 e. The monoisotopic (exact) mass is 392 g/mol. The largest absolute Gasteiger partial charge is 0.311 e. The summed E-state index contributed by atoms with van der Waals surface area (Å²) in [5, 5.41) is 23.3. The summed E-state index contributed by atoms with van der Waals surface area (Å²) in [6.07, 6.45) is -0.598. The van der Waals surface area contributed by atoms with Crippen LogP contribution in [0.3, 0.4) is 0 Å². The van der Waals surface area contributed by atoms with Gasteiger partial charge in [-0.2, -0.15) is 10.1 Å². The van der Waals surface area contributed by atoms with Gasteiger partial charge < -0.3 is 10.4 Å². The van der Waals surface area contributed by atoms with Gasteiger partial charge in [0.05, 0.1) is 11.1 Å². The minimum absolute atomic E-state index is 0.582. The van der Waals surface area contributed by atoms with E-state index in [9.17, 15) is 10.4 Å². The molecule has 0 aliphatic carbocycles. The maximum Gasteiger partial charge on any atom is 0.136 e. The van der Waals surface area contributed by atoms with E-state index >= 15 is 0 Å². The van der Waals surface area contributed by atoms with E-state index < -0.39 is 17.2 Å². The topological polar surface area (TPSA) is 46.9 Å². The number of halogens is 2. The molecule has 1 saturated heterocycles. The number of hydrogen-bond donors (Lipinski definition) is 2. The molecule has 4 nitrogen and oxygen atoms in total. The summed E-state index contributed by atoms with van der Waals surface area (Å²) >= 11 is 6.85. The van der Waals surface area contributed by atoms with Crippen molar-refractivity contribution >= 4 is 31.9 Å². The van der Waals surface area contributed by atoms with Crippen LogP contribution in [0, 0.1) is 0 Å². The predicted octanol–water partition coefficient (Wildman–Crippen LogP) is 4.16. The van der Waals surface area contributed by atoms with E-state index in [0.29, 0.717) is 0 Å². The molecule has 0 saturated carbocycles. The lowest BCUT2D eigenvalue weighted by Gasteiger charge is -2.37. The first kappa shape index (κ1) is 15.4. The van der Waals surface area contributed by atoms with Crippen molar-refractivity contribution < 1.29 is 10.4 Å². The molecule has 0 unspecified atom stereocenters. The SMILES string of the molecule is CC1(C)N(O)C(c2cc(Br)cc(Br)c2)N(O)C1(C)C. The third-order valence-corrected chi connectivity index (χ3v) is 5.20. The van der Waals surface area contributed by atoms with Gasteiger partial charge in [-0.3, -0.25) is 0 Å². The van der Waals surface area contributed by atoms with Gasteiger partial charge in [-0.1, -0.05) is 31.9 Å². The van der Waals surface area contributed by atoms with Crippen LogP contribution in [-0.4, -0.2) is 31.6 Å². The highest BCUT2D eigenvalue weighted by atomic mass is 79.9. The molecule has 0 radical (unpaired) electrons. The Morgan fingerprint density at radius 2 is 1.26 bits per heavy atom. The zero-order valence-electron chi connectivity index (χ0n) is 11.4. The zero-order chi connectivity index (χ0) is 14.6. The molecule has 19 heavy (non-hydrogen) atoms. The van der Waals surface area contributed by atoms with Gasteiger partial charge in [-0.05, 0) is 51.5 Å². The molecule has 1 heterocycles. The molecule has 106 valence electrons. The quantitative estimate of drug-likeness (QED) is 0.751. The van der Waals surface area contributed by atoms with Crippen molar-refractivity contribution in [2.24, 2.45) is 0 Å². The first-order valence-corrected chi connectivity index (χ1v) is 7.60. The Morgan fingerprint density at radius 1 is 0.895 bits per heavy atom. The lowest BCUT2D eigenvalue weighted by molar-refractivity contribution is -0.223. The minimum Gasteiger partial charge on any atom is -0.311 e. The fraction of sp³-hybridized carbons (Fsp3) is 0.538. The van der Waals surface area contributed by atoms with E-state index in [-0.39, 0.29) is 0 Å². The molecule has 1 aromatic rings. The molecular weight excluding hydrogens is 376 g/mol. The van der Waals surface area contributed by atoms with Crippen LogP contribution in [0.1, 0.15) is 39.4 Å². The first-order chi connectivity index (χ1) is 8.59. The number of hydrogen-bond acceptors (Lipinski definition) is 4. The first-order valence-electron chi connectivity index (χ1n) is 6.01. The maximum atomic E-state index is 10.5. The summed E-state index contributed by atoms with van der Waals surface area (Å²) in [5.41, 5.74) is -0.354. The molecule has 0 amide bonds. The highest BCUT2D eigenvalue weighted by molar-refractivity contribution is 9.11. The van der Waals surface area contributed by atoms with Gasteiger partial charge in [0.15, 0.2) is 0 Å². The van der Waals surface area contributed by atoms with Crippen molar-refractivity contribution in [1.82, 2.24) is 10.1 Å². The molecule has 1 aromatic carbocycles. The summed E-state index contributed by atoms with van der Waals surface area (Å²) in [7, 11) is 0. The maximum absolute atomic E-state index is 10.5. The Bertz CT molecular complexity index is 465. The third-order valence-electron chi connectivity index (χ3n) is 4.29. The van der Waals surface area contributed by atoms with E-state index in [2.05, 4.69) is 31.9 Å². The van der Waals surface area contributed by atoms with Crippen LogP contribution in [0.15, 0.2) is 27.1 Å². The number of benzene rings is 1. The van der Waals surface area contributed by atoms with E-state index in [1.54, 1.807) is 0 Å². The van der Waals surface area contributed by atoms with Crippen LogP contribution in [-0.2, 0) is 0 Å². The van der Waals surface area contributed by atoms with E-state index in [1.165, 1.54) is 10.1 Å². The highest BCUT2D eigenvalue weighted by Crippen LogP contribution is 2.47. The van der Waals surface area contributed by atoms with Crippen LogP contribution in [0.25, 0.3) is 0 Å². The molecule has 1 aliphatic rings. The van der Waals surface area contributed by atoms with Crippen molar-refractivity contribution in [3.8, 4) is 0 Å². The van der Waals surface area contributed by atoms with Crippen molar-refractivity contribution in [2.75, 3.05) is 0 Å². The van der Waals surface area contributed by atoms with E-state index in [0.717, 1.165) is 14.5 Å². The van der Waals surface area contributed by atoms with Crippen LogP contribution >= 0.6 is 31.9 Å². The predicted molar refractivity (Wildman–Crippen MR) is 80.0 cm³/mol. The Kier molecular flexibility index (Phi) is 3.88. The van der Waals surface area contributed by atoms with Crippen LogP contribution in [0.4, 0.5) is 0 Å². The summed E-state index contributed by atoms with van der Waals surface area (Å²) in [6, 6.07) is 5.69. The van der Waals surface area contributed by atoms with Crippen molar-refractivity contribution in [2.45, 2.75) is 44.9 Å². The molecule has 2 rings (SSSR count). The average molecular weight is 394 g/mol. The second-order valence-electron chi connectivity index (χ2n) is 5.88. The highest BCUT2D eigenvalue weighted by Gasteiger charge is 2.58. The molecule has 1 fully saturated rings. The number of nitrogens with zero attached hydrogens (tertiary/aromatic N) is 2. The summed E-state index contributed by atoms with van der Waals surface area (Å²) < 4.78 is 1.78. The summed E-state index contributed by atoms with van der Waals surface area (Å²) in [4.78, 5) is 0. The van der Waals surface area contributed by atoms with Crippen molar-refractivity contribution in [3.63, 3.8) is 0 Å². The Hall–Kier alpha value is 0.0200. The number of hydroxylamine groups is 4. The lowest BCUT2D eigenvalue weighted by Crippen LogP contribution is -2.52. The van der Waals surface area contributed by atoms with Gasteiger partial charge in [0, 0.05) is 8.95 Å². The third kappa shape index (κ3) is 2.28.